The lowest BCUT2D eigenvalue weighted by atomic mass is 9.98. The molecule has 2 aromatic rings. The van der Waals surface area contributed by atoms with Crippen LogP contribution < -0.4 is 5.32 Å². The Balaban J connectivity index is 1.15. The molecule has 0 bridgehead atoms. The quantitative estimate of drug-likeness (QED) is 0.559. The fourth-order valence-electron chi connectivity index (χ4n) is 5.76. The van der Waals surface area contributed by atoms with Crippen LogP contribution in [0.3, 0.4) is 0 Å². The van der Waals surface area contributed by atoms with Crippen LogP contribution in [0.4, 0.5) is 4.79 Å². The summed E-state index contributed by atoms with van der Waals surface area (Å²) in [6.45, 7) is 1.27. The molecule has 2 N–H and O–H groups in total. The Morgan fingerprint density at radius 3 is 2.29 bits per heavy atom. The summed E-state index contributed by atoms with van der Waals surface area (Å²) >= 11 is 0. The lowest BCUT2D eigenvalue weighted by Gasteiger charge is -2.26. The number of benzene rings is 2. The molecular weight excluding hydrogens is 444 g/mol. The molecule has 2 fully saturated rings. The molecule has 7 heteroatoms. The minimum absolute atomic E-state index is 0.0000120. The normalized spacial score (nSPS) is 19.7. The van der Waals surface area contributed by atoms with Gasteiger partial charge in [0.05, 0.1) is 6.42 Å². The predicted octanol–water partition coefficient (Wildman–Crippen LogP) is 4.41. The number of amides is 2. The highest BCUT2D eigenvalue weighted by Crippen LogP contribution is 2.44. The number of nitrogens with one attached hydrogen (secondary N) is 1. The molecule has 0 aromatic heterocycles. The number of hydrogen-bond acceptors (Lipinski definition) is 4. The van der Waals surface area contributed by atoms with Crippen LogP contribution in [0, 0.1) is 11.8 Å². The topological polar surface area (TPSA) is 95.9 Å². The lowest BCUT2D eigenvalue weighted by Crippen LogP contribution is -2.40. The third-order valence-electron chi connectivity index (χ3n) is 7.69. The molecule has 3 aliphatic rings. The number of alkyl carbamates (subject to hydrolysis) is 1. The minimum atomic E-state index is -0.870. The van der Waals surface area contributed by atoms with Gasteiger partial charge in [-0.3, -0.25) is 9.59 Å². The number of carbonyl (C=O) groups is 3. The maximum atomic E-state index is 12.9. The number of ether oxygens (including phenoxy) is 1. The van der Waals surface area contributed by atoms with Gasteiger partial charge in [0.25, 0.3) is 0 Å². The SMILES string of the molecule is O=C(O)C[C@H]1CCCN1C(=O)CC(CNC(=O)OCC1c2ccccc2-c2ccccc21)C1CC1. The monoisotopic (exact) mass is 476 g/mol. The number of aliphatic carboxylic acids is 1. The highest BCUT2D eigenvalue weighted by Gasteiger charge is 2.37. The van der Waals surface area contributed by atoms with Crippen molar-refractivity contribution in [1.82, 2.24) is 10.2 Å². The number of carbonyl (C=O) groups excluding carboxylic acids is 2. The molecule has 2 atom stereocenters. The third-order valence-corrected chi connectivity index (χ3v) is 7.69. The fraction of sp³-hybridized carbons (Fsp3) is 0.464. The molecular formula is C28H32N2O5. The number of rotatable bonds is 9. The van der Waals surface area contributed by atoms with Crippen molar-refractivity contribution in [1.29, 1.82) is 0 Å². The molecule has 1 saturated carbocycles. The van der Waals surface area contributed by atoms with Crippen molar-refractivity contribution < 1.29 is 24.2 Å². The second-order valence-corrected chi connectivity index (χ2v) is 9.99. The zero-order valence-electron chi connectivity index (χ0n) is 19.8. The zero-order chi connectivity index (χ0) is 24.4. The van der Waals surface area contributed by atoms with Gasteiger partial charge in [-0.1, -0.05) is 48.5 Å². The van der Waals surface area contributed by atoms with Gasteiger partial charge in [-0.15, -0.1) is 0 Å². The fourth-order valence-corrected chi connectivity index (χ4v) is 5.76. The van der Waals surface area contributed by atoms with Crippen molar-refractivity contribution in [3.05, 3.63) is 59.7 Å². The molecule has 2 amide bonds. The first-order valence-electron chi connectivity index (χ1n) is 12.6. The second kappa shape index (κ2) is 10.1. The Labute approximate surface area is 205 Å². The largest absolute Gasteiger partial charge is 0.481 e. The summed E-state index contributed by atoms with van der Waals surface area (Å²) in [5.74, 6) is -0.386. The van der Waals surface area contributed by atoms with Gasteiger partial charge in [0.15, 0.2) is 0 Å². The number of hydrogen-bond donors (Lipinski definition) is 2. The first kappa shape index (κ1) is 23.4. The highest BCUT2D eigenvalue weighted by molar-refractivity contribution is 5.79. The van der Waals surface area contributed by atoms with Gasteiger partial charge < -0.3 is 20.1 Å². The van der Waals surface area contributed by atoms with Gasteiger partial charge in [-0.2, -0.15) is 0 Å². The van der Waals surface area contributed by atoms with Crippen molar-refractivity contribution in [3.8, 4) is 11.1 Å². The van der Waals surface area contributed by atoms with Crippen molar-refractivity contribution in [3.63, 3.8) is 0 Å². The van der Waals surface area contributed by atoms with Crippen LogP contribution in [0.1, 0.15) is 55.6 Å². The zero-order valence-corrected chi connectivity index (χ0v) is 19.8. The average Bonchev–Trinajstić information content (AvgIpc) is 3.52. The maximum Gasteiger partial charge on any atom is 0.407 e. The highest BCUT2D eigenvalue weighted by atomic mass is 16.5. The van der Waals surface area contributed by atoms with Crippen LogP contribution in [0.25, 0.3) is 11.1 Å². The third kappa shape index (κ3) is 5.19. The van der Waals surface area contributed by atoms with Gasteiger partial charge in [0, 0.05) is 31.5 Å². The van der Waals surface area contributed by atoms with Gasteiger partial charge in [0.2, 0.25) is 5.91 Å². The van der Waals surface area contributed by atoms with E-state index in [1.807, 2.05) is 24.3 Å². The molecule has 1 heterocycles. The minimum Gasteiger partial charge on any atom is -0.481 e. The lowest BCUT2D eigenvalue weighted by molar-refractivity contribution is -0.140. The molecule has 184 valence electrons. The summed E-state index contributed by atoms with van der Waals surface area (Å²) in [4.78, 5) is 38.4. The number of nitrogens with zero attached hydrogens (tertiary/aromatic N) is 1. The Morgan fingerprint density at radius 1 is 1.00 bits per heavy atom. The molecule has 2 aromatic carbocycles. The van der Waals surface area contributed by atoms with E-state index in [4.69, 9.17) is 9.84 Å². The van der Waals surface area contributed by atoms with E-state index in [9.17, 15) is 14.4 Å². The molecule has 1 unspecified atom stereocenters. The molecule has 7 nitrogen and oxygen atoms in total. The first-order chi connectivity index (χ1) is 17.0. The molecule has 0 spiro atoms. The van der Waals surface area contributed by atoms with E-state index < -0.39 is 12.1 Å². The van der Waals surface area contributed by atoms with Crippen molar-refractivity contribution in [2.24, 2.45) is 11.8 Å². The van der Waals surface area contributed by atoms with Crippen molar-refractivity contribution in [2.75, 3.05) is 19.7 Å². The second-order valence-electron chi connectivity index (χ2n) is 9.99. The van der Waals surface area contributed by atoms with Crippen LogP contribution >= 0.6 is 0 Å². The molecule has 35 heavy (non-hydrogen) atoms. The Bertz CT molecular complexity index is 1070. The molecule has 0 radical (unpaired) electrons. The Kier molecular flexibility index (Phi) is 6.75. The molecule has 1 saturated heterocycles. The number of carboxylic acids is 1. The standard InChI is InChI=1S/C28H32N2O5/c31-26(30-13-5-6-20(30)15-27(32)33)14-19(18-11-12-18)16-29-28(34)35-17-25-23-9-3-1-7-21(23)22-8-2-4-10-24(22)25/h1-4,7-10,18-20,25H,5-6,11-17H2,(H,29,34)(H,32,33)/t19?,20-/m1/s1. The van der Waals surface area contributed by atoms with Crippen LogP contribution in [0.5, 0.6) is 0 Å². The summed E-state index contributed by atoms with van der Waals surface area (Å²) in [5.41, 5.74) is 4.72. The summed E-state index contributed by atoms with van der Waals surface area (Å²) in [6.07, 6.45) is 3.57. The van der Waals surface area contributed by atoms with Crippen molar-refractivity contribution >= 4 is 18.0 Å². The van der Waals surface area contributed by atoms with E-state index >= 15 is 0 Å². The van der Waals surface area contributed by atoms with Crippen LogP contribution in [0.15, 0.2) is 48.5 Å². The van der Waals surface area contributed by atoms with Crippen molar-refractivity contribution in [2.45, 2.75) is 50.5 Å². The average molecular weight is 477 g/mol. The van der Waals surface area contributed by atoms with Gasteiger partial charge in [0.1, 0.15) is 6.61 Å². The smallest absolute Gasteiger partial charge is 0.407 e. The number of likely N-dealkylation sites (tertiary alicyclic amines) is 1. The van der Waals surface area contributed by atoms with Gasteiger partial charge in [-0.05, 0) is 59.8 Å². The van der Waals surface area contributed by atoms with E-state index in [0.717, 1.165) is 25.7 Å². The van der Waals surface area contributed by atoms with Crippen LogP contribution in [0.2, 0.25) is 0 Å². The van der Waals surface area contributed by atoms with E-state index in [1.54, 1.807) is 4.90 Å². The number of carboxylic acid groups (broad SMARTS) is 1. The molecule has 1 aliphatic heterocycles. The van der Waals surface area contributed by atoms with E-state index in [1.165, 1.54) is 22.3 Å². The van der Waals surface area contributed by atoms with Gasteiger partial charge >= 0.3 is 12.1 Å². The van der Waals surface area contributed by atoms with Crippen LogP contribution in [-0.2, 0) is 14.3 Å². The van der Waals surface area contributed by atoms with Gasteiger partial charge in [-0.25, -0.2) is 4.79 Å². The summed E-state index contributed by atoms with van der Waals surface area (Å²) in [5, 5.41) is 12.0. The summed E-state index contributed by atoms with van der Waals surface area (Å²) < 4.78 is 5.65. The maximum absolute atomic E-state index is 12.9. The summed E-state index contributed by atoms with van der Waals surface area (Å²) in [6, 6.07) is 16.2. The predicted molar refractivity (Wildman–Crippen MR) is 131 cm³/mol. The van der Waals surface area contributed by atoms with E-state index in [0.29, 0.717) is 25.4 Å². The van der Waals surface area contributed by atoms with Crippen LogP contribution in [-0.4, -0.2) is 53.7 Å². The van der Waals surface area contributed by atoms with E-state index in [-0.39, 0.29) is 36.8 Å². The number of fused-ring (bicyclic) bond motifs is 3. The van der Waals surface area contributed by atoms with E-state index in [2.05, 4.69) is 29.6 Å². The first-order valence-corrected chi connectivity index (χ1v) is 12.6. The summed E-state index contributed by atoms with van der Waals surface area (Å²) in [7, 11) is 0. The molecule has 5 rings (SSSR count). The Morgan fingerprint density at radius 2 is 1.66 bits per heavy atom. The molecule has 2 aliphatic carbocycles. The Hall–Kier alpha value is -3.35.